The fourth-order valence-corrected chi connectivity index (χ4v) is 3.38. The second-order valence-electron chi connectivity index (χ2n) is 5.84. The highest BCUT2D eigenvalue weighted by Crippen LogP contribution is 2.36. The predicted molar refractivity (Wildman–Crippen MR) is 112 cm³/mol. The van der Waals surface area contributed by atoms with Crippen molar-refractivity contribution in [3.8, 4) is 11.5 Å². The normalized spacial score (nSPS) is 15.7. The minimum Gasteiger partial charge on any atom is -0.503 e. The maximum atomic E-state index is 12.9. The maximum absolute atomic E-state index is 12.9. The van der Waals surface area contributed by atoms with E-state index in [0.717, 1.165) is 4.90 Å². The van der Waals surface area contributed by atoms with Crippen molar-refractivity contribution in [2.45, 2.75) is 6.92 Å². The number of nitrogens with one attached hydrogen (secondary N) is 1. The fourth-order valence-electron chi connectivity index (χ4n) is 2.63. The summed E-state index contributed by atoms with van der Waals surface area (Å²) in [5.74, 6) is -1.62. The molecule has 0 radical (unpaired) electrons. The van der Waals surface area contributed by atoms with Gasteiger partial charge in [-0.05, 0) is 64.8 Å². The average Bonchev–Trinajstić information content (AvgIpc) is 2.65. The van der Waals surface area contributed by atoms with Crippen LogP contribution in [-0.4, -0.2) is 29.6 Å². The van der Waals surface area contributed by atoms with Gasteiger partial charge in [0.1, 0.15) is 5.57 Å². The molecule has 1 heterocycles. The van der Waals surface area contributed by atoms with Crippen LogP contribution in [0.15, 0.2) is 40.4 Å². The predicted octanol–water partition coefficient (Wildman–Crippen LogP) is 4.53. The van der Waals surface area contributed by atoms with Crippen molar-refractivity contribution in [2.75, 3.05) is 11.5 Å². The highest BCUT2D eigenvalue weighted by molar-refractivity contribution is 9.10. The Morgan fingerprint density at radius 2 is 1.90 bits per heavy atom. The number of phenolic OH excluding ortho intramolecular Hbond substituents is 1. The van der Waals surface area contributed by atoms with Crippen LogP contribution in [0.4, 0.5) is 10.5 Å². The molecule has 7 nitrogen and oxygen atoms in total. The number of ether oxygens (including phenoxy) is 1. The second-order valence-corrected chi connectivity index (χ2v) is 7.51. The summed E-state index contributed by atoms with van der Waals surface area (Å²) in [4.78, 5) is 38.3. The molecule has 1 saturated heterocycles. The number of imide groups is 2. The number of amides is 4. The van der Waals surface area contributed by atoms with Crippen molar-refractivity contribution in [1.29, 1.82) is 0 Å². The molecule has 29 heavy (non-hydrogen) atoms. The molecule has 2 aromatic carbocycles. The van der Waals surface area contributed by atoms with Crippen LogP contribution in [0.5, 0.6) is 11.5 Å². The minimum absolute atomic E-state index is 0.110. The van der Waals surface area contributed by atoms with Crippen LogP contribution in [0.2, 0.25) is 10.0 Å². The van der Waals surface area contributed by atoms with E-state index in [4.69, 9.17) is 27.9 Å². The van der Waals surface area contributed by atoms with Gasteiger partial charge in [0, 0.05) is 0 Å². The molecular weight excluding hydrogens is 487 g/mol. The lowest BCUT2D eigenvalue weighted by atomic mass is 10.1. The number of nitrogens with zero attached hydrogens (tertiary/aromatic N) is 1. The SMILES string of the molecule is CCOc1cc(/C=C2/C(=O)NC(=O)N(c3ccc(Cl)c(Cl)c3)C2=O)cc(Br)c1O. The maximum Gasteiger partial charge on any atom is 0.335 e. The Kier molecular flexibility index (Phi) is 6.16. The summed E-state index contributed by atoms with van der Waals surface area (Å²) in [5, 5.41) is 12.5. The number of barbiturate groups is 1. The van der Waals surface area contributed by atoms with Crippen molar-refractivity contribution in [3.63, 3.8) is 0 Å². The standard InChI is InChI=1S/C19H13BrCl2N2O5/c1-2-29-15-7-9(6-12(20)16(15)25)5-11-17(26)23-19(28)24(18(11)27)10-3-4-13(21)14(22)8-10/h3-8,25H,2H2,1H3,(H,23,26,28)/b11-5-. The second kappa shape index (κ2) is 8.44. The van der Waals surface area contributed by atoms with Crippen molar-refractivity contribution >= 4 is 68.7 Å². The average molecular weight is 500 g/mol. The lowest BCUT2D eigenvalue weighted by molar-refractivity contribution is -0.122. The Hall–Kier alpha value is -2.55. The molecule has 10 heteroatoms. The van der Waals surface area contributed by atoms with Crippen LogP contribution >= 0.6 is 39.1 Å². The first kappa shape index (κ1) is 21.2. The van der Waals surface area contributed by atoms with Crippen molar-refractivity contribution in [2.24, 2.45) is 0 Å². The van der Waals surface area contributed by atoms with Gasteiger partial charge in [-0.3, -0.25) is 14.9 Å². The van der Waals surface area contributed by atoms with Gasteiger partial charge in [0.15, 0.2) is 11.5 Å². The lowest BCUT2D eigenvalue weighted by Gasteiger charge is -2.26. The van der Waals surface area contributed by atoms with Gasteiger partial charge in [-0.15, -0.1) is 0 Å². The molecule has 2 aromatic rings. The van der Waals surface area contributed by atoms with E-state index in [1.54, 1.807) is 6.92 Å². The van der Waals surface area contributed by atoms with Gasteiger partial charge in [0.25, 0.3) is 11.8 Å². The number of anilines is 1. The van der Waals surface area contributed by atoms with E-state index in [9.17, 15) is 19.5 Å². The number of benzene rings is 2. The molecule has 0 aliphatic carbocycles. The number of phenols is 1. The zero-order valence-electron chi connectivity index (χ0n) is 14.8. The van der Waals surface area contributed by atoms with Gasteiger partial charge in [0.05, 0.1) is 26.8 Å². The van der Waals surface area contributed by atoms with Crippen LogP contribution in [0.1, 0.15) is 12.5 Å². The summed E-state index contributed by atoms with van der Waals surface area (Å²) in [6, 6.07) is 6.29. The number of urea groups is 1. The molecule has 1 aliphatic heterocycles. The first-order valence-corrected chi connectivity index (χ1v) is 9.79. The van der Waals surface area contributed by atoms with Gasteiger partial charge >= 0.3 is 6.03 Å². The number of rotatable bonds is 4. The zero-order chi connectivity index (χ0) is 21.3. The van der Waals surface area contributed by atoms with E-state index in [1.807, 2.05) is 0 Å². The number of aromatic hydroxyl groups is 1. The number of carbonyl (C=O) groups excluding carboxylic acids is 3. The summed E-state index contributed by atoms with van der Waals surface area (Å²) in [6.45, 7) is 2.05. The number of halogens is 3. The summed E-state index contributed by atoms with van der Waals surface area (Å²) in [5.41, 5.74) is 0.276. The van der Waals surface area contributed by atoms with E-state index in [2.05, 4.69) is 21.2 Å². The summed E-state index contributed by atoms with van der Waals surface area (Å²) >= 11 is 15.1. The smallest absolute Gasteiger partial charge is 0.335 e. The van der Waals surface area contributed by atoms with E-state index >= 15 is 0 Å². The number of carbonyl (C=O) groups is 3. The quantitative estimate of drug-likeness (QED) is 0.476. The first-order chi connectivity index (χ1) is 13.7. The summed E-state index contributed by atoms with van der Waals surface area (Å²) in [7, 11) is 0. The highest BCUT2D eigenvalue weighted by Gasteiger charge is 2.37. The van der Waals surface area contributed by atoms with Crippen molar-refractivity contribution < 1.29 is 24.2 Å². The molecule has 1 aliphatic rings. The molecule has 3 rings (SSSR count). The third kappa shape index (κ3) is 4.24. The van der Waals surface area contributed by atoms with Gasteiger partial charge in [-0.25, -0.2) is 9.69 Å². The van der Waals surface area contributed by atoms with E-state index in [-0.39, 0.29) is 32.8 Å². The Labute approximate surface area is 184 Å². The Balaban J connectivity index is 2.05. The number of hydrogen-bond donors (Lipinski definition) is 2. The Morgan fingerprint density at radius 1 is 1.17 bits per heavy atom. The van der Waals surface area contributed by atoms with Gasteiger partial charge in [0.2, 0.25) is 0 Å². The van der Waals surface area contributed by atoms with E-state index in [0.29, 0.717) is 16.6 Å². The molecule has 0 saturated carbocycles. The monoisotopic (exact) mass is 498 g/mol. The molecule has 0 spiro atoms. The van der Waals surface area contributed by atoms with Crippen LogP contribution in [-0.2, 0) is 9.59 Å². The third-order valence-electron chi connectivity index (χ3n) is 3.92. The highest BCUT2D eigenvalue weighted by atomic mass is 79.9. The molecule has 150 valence electrons. The minimum atomic E-state index is -0.905. The molecular formula is C19H13BrCl2N2O5. The van der Waals surface area contributed by atoms with Crippen LogP contribution in [0, 0.1) is 0 Å². The summed E-state index contributed by atoms with van der Waals surface area (Å²) in [6.07, 6.45) is 1.29. The third-order valence-corrected chi connectivity index (χ3v) is 5.27. The van der Waals surface area contributed by atoms with Crippen LogP contribution in [0.25, 0.3) is 6.08 Å². The molecule has 0 atom stereocenters. The molecule has 1 fully saturated rings. The molecule has 0 unspecified atom stereocenters. The summed E-state index contributed by atoms with van der Waals surface area (Å²) < 4.78 is 5.66. The van der Waals surface area contributed by atoms with Gasteiger partial charge in [-0.1, -0.05) is 23.2 Å². The Bertz CT molecular complexity index is 1070. The topological polar surface area (TPSA) is 95.9 Å². The molecule has 0 bridgehead atoms. The first-order valence-electron chi connectivity index (χ1n) is 8.24. The molecule has 4 amide bonds. The van der Waals surface area contributed by atoms with Crippen molar-refractivity contribution in [1.82, 2.24) is 5.32 Å². The number of hydrogen-bond acceptors (Lipinski definition) is 5. The molecule has 0 aromatic heterocycles. The van der Waals surface area contributed by atoms with Crippen molar-refractivity contribution in [3.05, 3.63) is 56.0 Å². The van der Waals surface area contributed by atoms with E-state index in [1.165, 1.54) is 36.4 Å². The van der Waals surface area contributed by atoms with E-state index < -0.39 is 17.8 Å². The van der Waals surface area contributed by atoms with Gasteiger partial charge < -0.3 is 9.84 Å². The molecule has 2 N–H and O–H groups in total. The lowest BCUT2D eigenvalue weighted by Crippen LogP contribution is -2.54. The Morgan fingerprint density at radius 3 is 2.55 bits per heavy atom. The zero-order valence-corrected chi connectivity index (χ0v) is 17.9. The van der Waals surface area contributed by atoms with Gasteiger partial charge in [-0.2, -0.15) is 0 Å². The van der Waals surface area contributed by atoms with Crippen LogP contribution < -0.4 is 15.0 Å². The van der Waals surface area contributed by atoms with Crippen LogP contribution in [0.3, 0.4) is 0 Å². The largest absolute Gasteiger partial charge is 0.503 e. The fraction of sp³-hybridized carbons (Fsp3) is 0.105.